The quantitative estimate of drug-likeness (QED) is 0.798. The predicted octanol–water partition coefficient (Wildman–Crippen LogP) is 1.85. The van der Waals surface area contributed by atoms with Crippen LogP contribution in [0.2, 0.25) is 0 Å². The lowest BCUT2D eigenvalue weighted by Gasteiger charge is -2.12. The Morgan fingerprint density at radius 2 is 2.11 bits per heavy atom. The fraction of sp³-hybridized carbons (Fsp3) is 0.357. The van der Waals surface area contributed by atoms with Crippen LogP contribution < -0.4 is 5.32 Å². The van der Waals surface area contributed by atoms with Gasteiger partial charge < -0.3 is 15.2 Å². The van der Waals surface area contributed by atoms with Gasteiger partial charge in [0, 0.05) is 12.5 Å². The van der Waals surface area contributed by atoms with Gasteiger partial charge in [0.15, 0.2) is 0 Å². The Morgan fingerprint density at radius 3 is 2.78 bits per heavy atom. The minimum absolute atomic E-state index is 0.0366. The van der Waals surface area contributed by atoms with Gasteiger partial charge in [-0.3, -0.25) is 0 Å². The molecule has 2 N–H and O–H groups in total. The van der Waals surface area contributed by atoms with E-state index in [0.29, 0.717) is 0 Å². The third-order valence-electron chi connectivity index (χ3n) is 2.92. The second-order valence-corrected chi connectivity index (χ2v) is 4.38. The van der Waals surface area contributed by atoms with E-state index in [1.807, 2.05) is 42.5 Å². The van der Waals surface area contributed by atoms with E-state index >= 15 is 0 Å². The topological polar surface area (TPSA) is 58.6 Å². The van der Waals surface area contributed by atoms with Gasteiger partial charge in [-0.2, -0.15) is 0 Å². The van der Waals surface area contributed by atoms with Crippen molar-refractivity contribution in [2.45, 2.75) is 19.1 Å². The van der Waals surface area contributed by atoms with Crippen molar-refractivity contribution in [1.82, 2.24) is 5.32 Å². The van der Waals surface area contributed by atoms with E-state index in [1.54, 1.807) is 0 Å². The molecule has 0 unspecified atom stereocenters. The standard InChI is InChI=1S/C14H17NO3/c16-9-12-6-7-13(8-12)15-14(17)18-10-11-4-2-1-3-5-11/h1-7,12-13,16H,8-10H2,(H,15,17)/t12-,13+/m0/s1. The molecule has 2 rings (SSSR count). The molecule has 1 aliphatic carbocycles. The highest BCUT2D eigenvalue weighted by atomic mass is 16.5. The molecular weight excluding hydrogens is 230 g/mol. The van der Waals surface area contributed by atoms with E-state index in [2.05, 4.69) is 5.32 Å². The van der Waals surface area contributed by atoms with Crippen molar-refractivity contribution in [3.8, 4) is 0 Å². The molecule has 2 atom stereocenters. The number of benzene rings is 1. The summed E-state index contributed by atoms with van der Waals surface area (Å²) < 4.78 is 5.11. The zero-order valence-corrected chi connectivity index (χ0v) is 10.1. The number of hydrogen-bond donors (Lipinski definition) is 2. The lowest BCUT2D eigenvalue weighted by molar-refractivity contribution is 0.136. The van der Waals surface area contributed by atoms with E-state index in [4.69, 9.17) is 9.84 Å². The molecule has 0 aromatic heterocycles. The van der Waals surface area contributed by atoms with Gasteiger partial charge in [-0.15, -0.1) is 0 Å². The SMILES string of the molecule is O=C(N[C@@H]1C=C[C@H](CO)C1)OCc1ccccc1. The van der Waals surface area contributed by atoms with Crippen LogP contribution in [0.25, 0.3) is 0 Å². The first-order valence-corrected chi connectivity index (χ1v) is 6.04. The Balaban J connectivity index is 1.72. The Morgan fingerprint density at radius 1 is 1.33 bits per heavy atom. The average molecular weight is 247 g/mol. The summed E-state index contributed by atoms with van der Waals surface area (Å²) in [6.45, 7) is 0.389. The van der Waals surface area contributed by atoms with Gasteiger partial charge in [-0.05, 0) is 12.0 Å². The number of hydrogen-bond acceptors (Lipinski definition) is 3. The Hall–Kier alpha value is -1.81. The molecule has 4 heteroatoms. The summed E-state index contributed by atoms with van der Waals surface area (Å²) in [5.74, 6) is 0.143. The zero-order chi connectivity index (χ0) is 12.8. The van der Waals surface area contributed by atoms with E-state index in [1.165, 1.54) is 0 Å². The number of aliphatic hydroxyl groups is 1. The van der Waals surface area contributed by atoms with Crippen LogP contribution in [0.15, 0.2) is 42.5 Å². The molecule has 96 valence electrons. The summed E-state index contributed by atoms with van der Waals surface area (Å²) in [6, 6.07) is 9.51. The summed E-state index contributed by atoms with van der Waals surface area (Å²) in [4.78, 5) is 11.5. The smallest absolute Gasteiger partial charge is 0.407 e. The summed E-state index contributed by atoms with van der Waals surface area (Å²) in [7, 11) is 0. The van der Waals surface area contributed by atoms with Crippen LogP contribution in [0.5, 0.6) is 0 Å². The van der Waals surface area contributed by atoms with Gasteiger partial charge in [-0.25, -0.2) is 4.79 Å². The van der Waals surface area contributed by atoms with E-state index in [0.717, 1.165) is 12.0 Å². The molecule has 0 fully saturated rings. The predicted molar refractivity (Wildman–Crippen MR) is 67.9 cm³/mol. The van der Waals surface area contributed by atoms with Crippen LogP contribution in [0, 0.1) is 5.92 Å². The average Bonchev–Trinajstić information content (AvgIpc) is 2.85. The monoisotopic (exact) mass is 247 g/mol. The van der Waals surface area contributed by atoms with Gasteiger partial charge in [-0.1, -0.05) is 42.5 Å². The van der Waals surface area contributed by atoms with Crippen LogP contribution in [-0.4, -0.2) is 23.8 Å². The third-order valence-corrected chi connectivity index (χ3v) is 2.92. The van der Waals surface area contributed by atoms with E-state index < -0.39 is 6.09 Å². The molecule has 18 heavy (non-hydrogen) atoms. The third kappa shape index (κ3) is 3.60. The normalized spacial score (nSPS) is 21.8. The first-order chi connectivity index (χ1) is 8.78. The first kappa shape index (κ1) is 12.6. The summed E-state index contributed by atoms with van der Waals surface area (Å²) >= 11 is 0. The highest BCUT2D eigenvalue weighted by molar-refractivity contribution is 5.68. The van der Waals surface area contributed by atoms with Crippen LogP contribution in [0.4, 0.5) is 4.79 Å². The fourth-order valence-electron chi connectivity index (χ4n) is 1.93. The number of alkyl carbamates (subject to hydrolysis) is 1. The number of nitrogens with one attached hydrogen (secondary N) is 1. The number of carbonyl (C=O) groups excluding carboxylic acids is 1. The number of rotatable bonds is 4. The van der Waals surface area contributed by atoms with Crippen molar-refractivity contribution in [1.29, 1.82) is 0 Å². The van der Waals surface area contributed by atoms with Crippen molar-refractivity contribution in [3.63, 3.8) is 0 Å². The van der Waals surface area contributed by atoms with Crippen molar-refractivity contribution < 1.29 is 14.6 Å². The second kappa shape index (κ2) is 6.21. The maximum atomic E-state index is 11.5. The van der Waals surface area contributed by atoms with Crippen LogP contribution in [-0.2, 0) is 11.3 Å². The number of ether oxygens (including phenoxy) is 1. The summed E-state index contributed by atoms with van der Waals surface area (Å²) in [5, 5.41) is 11.7. The largest absolute Gasteiger partial charge is 0.445 e. The van der Waals surface area contributed by atoms with Crippen molar-refractivity contribution in [2.75, 3.05) is 6.61 Å². The Labute approximate surface area is 106 Å². The molecule has 1 aromatic rings. The molecule has 0 radical (unpaired) electrons. The van der Waals surface area contributed by atoms with Gasteiger partial charge in [0.05, 0.1) is 6.04 Å². The second-order valence-electron chi connectivity index (χ2n) is 4.38. The van der Waals surface area contributed by atoms with Gasteiger partial charge in [0.2, 0.25) is 0 Å². The van der Waals surface area contributed by atoms with Crippen molar-refractivity contribution in [3.05, 3.63) is 48.0 Å². The van der Waals surface area contributed by atoms with Gasteiger partial charge >= 0.3 is 6.09 Å². The van der Waals surface area contributed by atoms with E-state index in [9.17, 15) is 4.79 Å². The highest BCUT2D eigenvalue weighted by Crippen LogP contribution is 2.17. The van der Waals surface area contributed by atoms with Gasteiger partial charge in [0.25, 0.3) is 0 Å². The van der Waals surface area contributed by atoms with Gasteiger partial charge in [0.1, 0.15) is 6.61 Å². The summed E-state index contributed by atoms with van der Waals surface area (Å²) in [5.41, 5.74) is 0.961. The van der Waals surface area contributed by atoms with Crippen molar-refractivity contribution >= 4 is 6.09 Å². The molecule has 0 aliphatic heterocycles. The summed E-state index contributed by atoms with van der Waals surface area (Å²) in [6.07, 6.45) is 4.12. The van der Waals surface area contributed by atoms with E-state index in [-0.39, 0.29) is 25.2 Å². The fourth-order valence-corrected chi connectivity index (χ4v) is 1.93. The van der Waals surface area contributed by atoms with Crippen molar-refractivity contribution in [2.24, 2.45) is 5.92 Å². The molecule has 0 saturated heterocycles. The minimum atomic E-state index is -0.424. The minimum Gasteiger partial charge on any atom is -0.445 e. The molecule has 0 spiro atoms. The molecule has 0 saturated carbocycles. The highest BCUT2D eigenvalue weighted by Gasteiger charge is 2.20. The molecule has 1 aromatic carbocycles. The molecule has 0 heterocycles. The van der Waals surface area contributed by atoms with Crippen LogP contribution >= 0.6 is 0 Å². The number of amides is 1. The van der Waals surface area contributed by atoms with Crippen LogP contribution in [0.1, 0.15) is 12.0 Å². The maximum Gasteiger partial charge on any atom is 0.407 e. The molecular formula is C14H17NO3. The Kier molecular flexibility index (Phi) is 4.36. The maximum absolute atomic E-state index is 11.5. The number of carbonyl (C=O) groups is 1. The lowest BCUT2D eigenvalue weighted by atomic mass is 10.1. The molecule has 1 aliphatic rings. The molecule has 0 bridgehead atoms. The Bertz CT molecular complexity index is 416. The number of aliphatic hydroxyl groups excluding tert-OH is 1. The molecule has 4 nitrogen and oxygen atoms in total. The zero-order valence-electron chi connectivity index (χ0n) is 10.1. The van der Waals surface area contributed by atoms with Crippen LogP contribution in [0.3, 0.4) is 0 Å². The first-order valence-electron chi connectivity index (χ1n) is 6.04. The molecule has 1 amide bonds. The lowest BCUT2D eigenvalue weighted by Crippen LogP contribution is -2.33.